The molecule has 10 heteroatoms. The topological polar surface area (TPSA) is 71.8 Å². The molecule has 142 valence electrons. The van der Waals surface area contributed by atoms with Crippen molar-refractivity contribution >= 4 is 17.8 Å². The molecule has 27 heavy (non-hydrogen) atoms. The minimum atomic E-state index is -4.49. The van der Waals surface area contributed by atoms with Gasteiger partial charge in [0.05, 0.1) is 30.4 Å². The summed E-state index contributed by atoms with van der Waals surface area (Å²) in [6.07, 6.45) is -3.22. The lowest BCUT2D eigenvalue weighted by atomic mass is 10.1. The number of nitrogens with zero attached hydrogens (tertiary/aromatic N) is 4. The number of hydrazone groups is 1. The fraction of sp³-hybridized carbons (Fsp3) is 0.353. The molecule has 0 saturated carbocycles. The Morgan fingerprint density at radius 1 is 1.33 bits per heavy atom. The summed E-state index contributed by atoms with van der Waals surface area (Å²) in [5, 5.41) is 10.7. The third-order valence-corrected chi connectivity index (χ3v) is 4.39. The lowest BCUT2D eigenvalue weighted by Gasteiger charge is -2.17. The summed E-state index contributed by atoms with van der Waals surface area (Å²) < 4.78 is 45.8. The van der Waals surface area contributed by atoms with Gasteiger partial charge >= 0.3 is 6.30 Å². The van der Waals surface area contributed by atoms with E-state index in [0.717, 1.165) is 11.3 Å². The number of ether oxygens (including phenoxy) is 1. The summed E-state index contributed by atoms with van der Waals surface area (Å²) in [5.41, 5.74) is 2.80. The smallest absolute Gasteiger partial charge is 0.487 e. The standard InChI is InChI=1S/C17H16F3N5O2/c1-10(26)22-13-3-2-11-7-24-14(9-27-16(11)4-13)5-15(23-24)12-6-21-25(8-12)17(18,19)20/h2-6,12H,7-9H2,1H3,(H,22,26). The average molecular weight is 379 g/mol. The Balaban J connectivity index is 1.54. The first-order chi connectivity index (χ1) is 12.8. The first kappa shape index (κ1) is 17.4. The van der Waals surface area contributed by atoms with E-state index in [-0.39, 0.29) is 24.1 Å². The molecule has 3 heterocycles. The normalized spacial score (nSPS) is 18.5. The number of nitrogens with one attached hydrogen (secondary N) is 1. The van der Waals surface area contributed by atoms with E-state index in [4.69, 9.17) is 4.74 Å². The predicted molar refractivity (Wildman–Crippen MR) is 90.4 cm³/mol. The van der Waals surface area contributed by atoms with Gasteiger partial charge in [-0.2, -0.15) is 10.2 Å². The molecule has 1 N–H and O–H groups in total. The molecular formula is C17H16F3N5O2. The van der Waals surface area contributed by atoms with Gasteiger partial charge in [0, 0.05) is 30.5 Å². The number of alkyl halides is 3. The number of anilines is 1. The second kappa shape index (κ2) is 6.29. The van der Waals surface area contributed by atoms with Crippen molar-refractivity contribution in [3.8, 4) is 5.75 Å². The molecule has 2 aliphatic heterocycles. The van der Waals surface area contributed by atoms with Crippen LogP contribution < -0.4 is 10.1 Å². The Kier molecular flexibility index (Phi) is 4.05. The zero-order valence-corrected chi connectivity index (χ0v) is 14.3. The van der Waals surface area contributed by atoms with Gasteiger partial charge in [-0.1, -0.05) is 6.07 Å². The second-order valence-electron chi connectivity index (χ2n) is 6.43. The highest BCUT2D eigenvalue weighted by molar-refractivity contribution is 5.88. The first-order valence-corrected chi connectivity index (χ1v) is 8.28. The molecular weight excluding hydrogens is 363 g/mol. The van der Waals surface area contributed by atoms with Crippen molar-refractivity contribution in [1.29, 1.82) is 0 Å². The molecule has 0 fully saturated rings. The number of rotatable bonds is 2. The molecule has 1 atom stereocenters. The SMILES string of the molecule is CC(=O)Nc1ccc2c(c1)OCc1cc(C3C=NN(C(F)(F)F)C3)nn1C2. The van der Waals surface area contributed by atoms with Crippen molar-refractivity contribution in [2.24, 2.45) is 5.10 Å². The summed E-state index contributed by atoms with van der Waals surface area (Å²) in [7, 11) is 0. The number of benzene rings is 1. The number of halogens is 3. The molecule has 1 unspecified atom stereocenters. The fourth-order valence-electron chi connectivity index (χ4n) is 3.11. The van der Waals surface area contributed by atoms with E-state index in [0.29, 0.717) is 23.7 Å². The highest BCUT2D eigenvalue weighted by Gasteiger charge is 2.41. The number of hydrogen-bond acceptors (Lipinski definition) is 5. The van der Waals surface area contributed by atoms with E-state index in [9.17, 15) is 18.0 Å². The Morgan fingerprint density at radius 2 is 2.15 bits per heavy atom. The van der Waals surface area contributed by atoms with Crippen LogP contribution in [0, 0.1) is 0 Å². The van der Waals surface area contributed by atoms with Crippen LogP contribution in [0.3, 0.4) is 0 Å². The summed E-state index contributed by atoms with van der Waals surface area (Å²) in [5.74, 6) is -0.0566. The molecule has 4 rings (SSSR count). The molecule has 1 amide bonds. The number of hydrogen-bond donors (Lipinski definition) is 1. The van der Waals surface area contributed by atoms with Crippen LogP contribution in [-0.4, -0.2) is 39.8 Å². The van der Waals surface area contributed by atoms with Gasteiger partial charge < -0.3 is 10.1 Å². The van der Waals surface area contributed by atoms with E-state index >= 15 is 0 Å². The average Bonchev–Trinajstić information content (AvgIpc) is 3.18. The van der Waals surface area contributed by atoms with Crippen LogP contribution >= 0.6 is 0 Å². The summed E-state index contributed by atoms with van der Waals surface area (Å²) in [6, 6.07) is 7.09. The monoisotopic (exact) mass is 379 g/mol. The van der Waals surface area contributed by atoms with Gasteiger partial charge in [0.15, 0.2) is 0 Å². The van der Waals surface area contributed by atoms with Gasteiger partial charge in [-0.15, -0.1) is 13.2 Å². The zero-order chi connectivity index (χ0) is 19.2. The lowest BCUT2D eigenvalue weighted by molar-refractivity contribution is -0.243. The van der Waals surface area contributed by atoms with Crippen LogP contribution in [0.4, 0.5) is 18.9 Å². The molecule has 1 aromatic carbocycles. The van der Waals surface area contributed by atoms with Crippen LogP contribution in [-0.2, 0) is 17.9 Å². The van der Waals surface area contributed by atoms with Gasteiger partial charge in [-0.25, -0.2) is 5.01 Å². The maximum Gasteiger partial charge on any atom is 0.500 e. The molecule has 2 aliphatic rings. The van der Waals surface area contributed by atoms with Crippen LogP contribution in [0.2, 0.25) is 0 Å². The van der Waals surface area contributed by atoms with Crippen molar-refractivity contribution in [2.75, 3.05) is 11.9 Å². The molecule has 7 nitrogen and oxygen atoms in total. The molecule has 0 bridgehead atoms. The minimum Gasteiger partial charge on any atom is -0.487 e. The largest absolute Gasteiger partial charge is 0.500 e. The lowest BCUT2D eigenvalue weighted by Crippen LogP contribution is -2.32. The van der Waals surface area contributed by atoms with Crippen molar-refractivity contribution < 1.29 is 22.7 Å². The van der Waals surface area contributed by atoms with Crippen molar-refractivity contribution in [3.05, 3.63) is 41.2 Å². The quantitative estimate of drug-likeness (QED) is 0.815. The van der Waals surface area contributed by atoms with E-state index in [2.05, 4.69) is 15.5 Å². The van der Waals surface area contributed by atoms with E-state index in [1.807, 2.05) is 6.07 Å². The second-order valence-corrected chi connectivity index (χ2v) is 6.43. The highest BCUT2D eigenvalue weighted by Crippen LogP contribution is 2.32. The van der Waals surface area contributed by atoms with Crippen LogP contribution in [0.5, 0.6) is 5.75 Å². The van der Waals surface area contributed by atoms with E-state index < -0.39 is 12.2 Å². The van der Waals surface area contributed by atoms with Crippen LogP contribution in [0.15, 0.2) is 29.4 Å². The molecule has 0 saturated heterocycles. The van der Waals surface area contributed by atoms with Gasteiger partial charge in [-0.3, -0.25) is 9.48 Å². The number of fused-ring (bicyclic) bond motifs is 2. The van der Waals surface area contributed by atoms with Crippen molar-refractivity contribution in [2.45, 2.75) is 32.3 Å². The van der Waals surface area contributed by atoms with Gasteiger partial charge in [0.25, 0.3) is 0 Å². The van der Waals surface area contributed by atoms with Gasteiger partial charge in [0.1, 0.15) is 12.4 Å². The molecule has 1 aromatic heterocycles. The minimum absolute atomic E-state index is 0.109. The van der Waals surface area contributed by atoms with Crippen LogP contribution in [0.1, 0.15) is 29.8 Å². The Morgan fingerprint density at radius 3 is 2.85 bits per heavy atom. The Bertz CT molecular complexity index is 922. The maximum absolute atomic E-state index is 12.7. The summed E-state index contributed by atoms with van der Waals surface area (Å²) >= 11 is 0. The third-order valence-electron chi connectivity index (χ3n) is 4.39. The zero-order valence-electron chi connectivity index (χ0n) is 14.3. The van der Waals surface area contributed by atoms with E-state index in [1.165, 1.54) is 13.1 Å². The maximum atomic E-state index is 12.7. The predicted octanol–water partition coefficient (Wildman–Crippen LogP) is 2.69. The molecule has 0 radical (unpaired) electrons. The summed E-state index contributed by atoms with van der Waals surface area (Å²) in [4.78, 5) is 11.2. The van der Waals surface area contributed by atoms with Crippen molar-refractivity contribution in [1.82, 2.24) is 14.8 Å². The summed E-state index contributed by atoms with van der Waals surface area (Å²) in [6.45, 7) is 1.81. The van der Waals surface area contributed by atoms with Crippen LogP contribution in [0.25, 0.3) is 0 Å². The Hall–Kier alpha value is -3.04. The highest BCUT2D eigenvalue weighted by atomic mass is 19.4. The first-order valence-electron chi connectivity index (χ1n) is 8.28. The Labute approximate surface area is 152 Å². The van der Waals surface area contributed by atoms with Crippen molar-refractivity contribution in [3.63, 3.8) is 0 Å². The molecule has 2 aromatic rings. The fourth-order valence-corrected chi connectivity index (χ4v) is 3.11. The number of carbonyl (C=O) groups is 1. The van der Waals surface area contributed by atoms with Gasteiger partial charge in [0.2, 0.25) is 5.91 Å². The molecule has 0 spiro atoms. The number of amides is 1. The number of aromatic nitrogens is 2. The number of carbonyl (C=O) groups excluding carboxylic acids is 1. The molecule has 0 aliphatic carbocycles. The van der Waals surface area contributed by atoms with E-state index in [1.54, 1.807) is 22.9 Å². The third kappa shape index (κ3) is 3.46. The van der Waals surface area contributed by atoms with Gasteiger partial charge in [-0.05, 0) is 12.1 Å².